The van der Waals surface area contributed by atoms with Gasteiger partial charge in [0, 0.05) is 37.2 Å². The topological polar surface area (TPSA) is 36.8 Å². The summed E-state index contributed by atoms with van der Waals surface area (Å²) in [6.45, 7) is 0. The quantitative estimate of drug-likeness (QED) is 0.176. The van der Waals surface area contributed by atoms with Crippen molar-refractivity contribution < 1.29 is 0 Å². The predicted octanol–water partition coefficient (Wildman–Crippen LogP) is 13.7. The Bertz CT molecular complexity index is 3010. The molecule has 0 amide bonds. The SMILES string of the molecule is C1=CCC(C2=NC(c3cc(-c4ccc(-c5ccc6c7ccccc7c7ccccc7c6c5)cc4)cc4sc5ccccc5c34)NC(C3=CCCC=C3)=N2)C=C1. The fraction of sp³-hybridized carbons (Fsp3) is 0.0980. The second-order valence-electron chi connectivity index (χ2n) is 14.8. The molecule has 1 N–H and O–H groups in total. The van der Waals surface area contributed by atoms with Crippen molar-refractivity contribution in [3.05, 3.63) is 181 Å². The Morgan fingerprint density at radius 2 is 1.24 bits per heavy atom. The van der Waals surface area contributed by atoms with E-state index in [1.807, 2.05) is 11.3 Å². The van der Waals surface area contributed by atoms with Crippen LogP contribution >= 0.6 is 11.3 Å². The highest BCUT2D eigenvalue weighted by Crippen LogP contribution is 2.43. The van der Waals surface area contributed by atoms with Gasteiger partial charge in [0.25, 0.3) is 0 Å². The average molecular weight is 724 g/mol. The van der Waals surface area contributed by atoms with E-state index in [0.717, 1.165) is 36.5 Å². The summed E-state index contributed by atoms with van der Waals surface area (Å²) >= 11 is 1.86. The van der Waals surface area contributed by atoms with Gasteiger partial charge in [0.05, 0.1) is 0 Å². The van der Waals surface area contributed by atoms with Gasteiger partial charge in [-0.15, -0.1) is 11.3 Å². The first kappa shape index (κ1) is 32.1. The molecule has 262 valence electrons. The van der Waals surface area contributed by atoms with Crippen molar-refractivity contribution in [3.63, 3.8) is 0 Å². The molecule has 0 saturated carbocycles. The Morgan fingerprint density at radius 3 is 1.95 bits per heavy atom. The zero-order valence-electron chi connectivity index (χ0n) is 30.2. The van der Waals surface area contributed by atoms with Crippen molar-refractivity contribution in [2.45, 2.75) is 25.4 Å². The van der Waals surface area contributed by atoms with Gasteiger partial charge in [-0.1, -0.05) is 146 Å². The molecule has 8 aromatic rings. The first-order valence-electron chi connectivity index (χ1n) is 19.3. The first-order valence-corrected chi connectivity index (χ1v) is 20.1. The highest BCUT2D eigenvalue weighted by atomic mass is 32.1. The lowest BCUT2D eigenvalue weighted by Gasteiger charge is -2.27. The van der Waals surface area contributed by atoms with Crippen LogP contribution in [0.25, 0.3) is 74.7 Å². The molecule has 3 nitrogen and oxygen atoms in total. The number of nitrogens with one attached hydrogen (secondary N) is 1. The van der Waals surface area contributed by atoms with E-state index in [9.17, 15) is 0 Å². The zero-order valence-corrected chi connectivity index (χ0v) is 31.1. The Morgan fingerprint density at radius 1 is 0.564 bits per heavy atom. The monoisotopic (exact) mass is 723 g/mol. The van der Waals surface area contributed by atoms with Crippen molar-refractivity contribution in [1.82, 2.24) is 5.32 Å². The molecule has 4 heteroatoms. The van der Waals surface area contributed by atoms with Crippen molar-refractivity contribution >= 4 is 75.5 Å². The maximum atomic E-state index is 5.40. The summed E-state index contributed by atoms with van der Waals surface area (Å²) in [6.07, 6.45) is 18.2. The minimum Gasteiger partial charge on any atom is -0.344 e. The second-order valence-corrected chi connectivity index (χ2v) is 15.8. The normalized spacial score (nSPS) is 18.2. The number of rotatable bonds is 5. The summed E-state index contributed by atoms with van der Waals surface area (Å²) in [5.74, 6) is 1.94. The molecule has 0 spiro atoms. The lowest BCUT2D eigenvalue weighted by Crippen LogP contribution is -2.35. The van der Waals surface area contributed by atoms with Gasteiger partial charge in [0.1, 0.15) is 17.8 Å². The number of hydrogen-bond donors (Lipinski definition) is 1. The van der Waals surface area contributed by atoms with E-state index in [2.05, 4.69) is 175 Å². The number of amidine groups is 2. The van der Waals surface area contributed by atoms with Crippen molar-refractivity contribution in [1.29, 1.82) is 0 Å². The molecular formula is C51H37N3S. The van der Waals surface area contributed by atoms with Gasteiger partial charge in [-0.25, -0.2) is 9.98 Å². The molecule has 0 radical (unpaired) electrons. The summed E-state index contributed by atoms with van der Waals surface area (Å²) in [6, 6.07) is 47.2. The molecular weight excluding hydrogens is 687 g/mol. The van der Waals surface area contributed by atoms with Gasteiger partial charge < -0.3 is 5.32 Å². The smallest absolute Gasteiger partial charge is 0.148 e. The van der Waals surface area contributed by atoms with E-state index in [1.54, 1.807) is 0 Å². The maximum Gasteiger partial charge on any atom is 0.148 e. The van der Waals surface area contributed by atoms with Gasteiger partial charge in [0.2, 0.25) is 0 Å². The van der Waals surface area contributed by atoms with E-state index in [4.69, 9.17) is 9.98 Å². The molecule has 2 heterocycles. The molecule has 1 aromatic heterocycles. The Labute approximate surface area is 324 Å². The number of aliphatic imine (C=N–C) groups is 2. The predicted molar refractivity (Wildman–Crippen MR) is 236 cm³/mol. The first-order chi connectivity index (χ1) is 27.2. The highest BCUT2D eigenvalue weighted by molar-refractivity contribution is 7.25. The van der Waals surface area contributed by atoms with E-state index < -0.39 is 0 Å². The van der Waals surface area contributed by atoms with Gasteiger partial charge in [0.15, 0.2) is 0 Å². The lowest BCUT2D eigenvalue weighted by molar-refractivity contribution is 0.663. The molecule has 2 atom stereocenters. The minimum atomic E-state index is -0.277. The molecule has 0 bridgehead atoms. The summed E-state index contributed by atoms with van der Waals surface area (Å²) in [5, 5.41) is 14.1. The van der Waals surface area contributed by atoms with Crippen LogP contribution in [0.3, 0.4) is 0 Å². The molecule has 55 heavy (non-hydrogen) atoms. The van der Waals surface area contributed by atoms with Gasteiger partial charge in [-0.05, 0) is 98.1 Å². The van der Waals surface area contributed by atoms with Crippen molar-refractivity contribution in [2.24, 2.45) is 15.9 Å². The lowest BCUT2D eigenvalue weighted by atomic mass is 9.91. The van der Waals surface area contributed by atoms with Gasteiger partial charge in [-0.3, -0.25) is 0 Å². The van der Waals surface area contributed by atoms with Crippen molar-refractivity contribution in [3.8, 4) is 22.3 Å². The molecule has 0 fully saturated rings. The Kier molecular flexibility index (Phi) is 7.70. The number of hydrogen-bond acceptors (Lipinski definition) is 4. The molecule has 1 aliphatic heterocycles. The third-order valence-corrected chi connectivity index (χ3v) is 12.6. The summed E-state index contributed by atoms with van der Waals surface area (Å²) in [5.41, 5.74) is 7.14. The standard InChI is InChI=1S/C51H37N3S/c1-3-13-34(14-4-1)49-52-50(35-15-5-2-6-16-35)54-51(53-49)45-30-37(31-47-48(45)43-21-11-12-22-46(43)55-47)33-25-23-32(24-26-33)36-27-28-42-40-19-8-7-17-38(40)39-18-9-10-20-41(39)44(42)29-36/h1,3-5,7-13,15-31,34,51H,2,6,14H2,(H,52,53,54). The van der Waals surface area contributed by atoms with Crippen LogP contribution in [0.15, 0.2) is 185 Å². The van der Waals surface area contributed by atoms with Crippen LogP contribution in [-0.2, 0) is 0 Å². The van der Waals surface area contributed by atoms with E-state index in [0.29, 0.717) is 0 Å². The molecule has 11 rings (SSSR count). The Hall–Kier alpha value is -6.36. The number of nitrogens with zero attached hydrogens (tertiary/aromatic N) is 2. The van der Waals surface area contributed by atoms with E-state index >= 15 is 0 Å². The third-order valence-electron chi connectivity index (χ3n) is 11.4. The zero-order chi connectivity index (χ0) is 36.3. The van der Waals surface area contributed by atoms with Crippen LogP contribution in [0, 0.1) is 5.92 Å². The van der Waals surface area contributed by atoms with E-state index in [-0.39, 0.29) is 12.1 Å². The fourth-order valence-electron chi connectivity index (χ4n) is 8.72. The van der Waals surface area contributed by atoms with Crippen LogP contribution < -0.4 is 5.32 Å². The average Bonchev–Trinajstić information content (AvgIpc) is 3.65. The number of allylic oxidation sites excluding steroid dienone is 5. The fourth-order valence-corrected chi connectivity index (χ4v) is 9.90. The van der Waals surface area contributed by atoms with Gasteiger partial charge in [-0.2, -0.15) is 0 Å². The summed E-state index contributed by atoms with van der Waals surface area (Å²) < 4.78 is 2.56. The van der Waals surface area contributed by atoms with Crippen LogP contribution in [0.2, 0.25) is 0 Å². The highest BCUT2D eigenvalue weighted by Gasteiger charge is 2.27. The molecule has 3 aliphatic rings. The molecule has 2 unspecified atom stereocenters. The van der Waals surface area contributed by atoms with Crippen molar-refractivity contribution in [2.75, 3.05) is 0 Å². The van der Waals surface area contributed by atoms with Crippen LogP contribution in [0.1, 0.15) is 31.0 Å². The molecule has 7 aromatic carbocycles. The second kappa shape index (κ2) is 13.2. The largest absolute Gasteiger partial charge is 0.344 e. The van der Waals surface area contributed by atoms with Gasteiger partial charge >= 0.3 is 0 Å². The molecule has 2 aliphatic carbocycles. The van der Waals surface area contributed by atoms with Crippen LogP contribution in [-0.4, -0.2) is 11.7 Å². The number of thiophene rings is 1. The Balaban J connectivity index is 1.02. The third kappa shape index (κ3) is 5.56. The van der Waals surface area contributed by atoms with Crippen LogP contribution in [0.5, 0.6) is 0 Å². The minimum absolute atomic E-state index is 0.148. The van der Waals surface area contributed by atoms with E-state index in [1.165, 1.54) is 80.3 Å². The summed E-state index contributed by atoms with van der Waals surface area (Å²) in [7, 11) is 0. The molecule has 0 saturated heterocycles. The van der Waals surface area contributed by atoms with Crippen LogP contribution in [0.4, 0.5) is 0 Å². The number of benzene rings is 7. The maximum absolute atomic E-state index is 5.40. The summed E-state index contributed by atoms with van der Waals surface area (Å²) in [4.78, 5) is 10.6. The number of fused-ring (bicyclic) bond motifs is 9.